The Labute approximate surface area is 177 Å². The van der Waals surface area contributed by atoms with Crippen LogP contribution in [0.5, 0.6) is 0 Å². The third-order valence-corrected chi connectivity index (χ3v) is 5.24. The van der Waals surface area contributed by atoms with Crippen LogP contribution in [0.4, 0.5) is 0 Å². The third kappa shape index (κ3) is 6.99. The number of hydrogen-bond donors (Lipinski definition) is 2. The number of guanidine groups is 1. The molecule has 0 atom stereocenters. The quantitative estimate of drug-likeness (QED) is 0.370. The van der Waals surface area contributed by atoms with Crippen molar-refractivity contribution in [3.8, 4) is 0 Å². The maximum Gasteiger partial charge on any atom is 0.234 e. The average molecular weight is 494 g/mol. The van der Waals surface area contributed by atoms with E-state index in [2.05, 4.69) is 37.3 Å². The Morgan fingerprint density at radius 1 is 1.27 bits per heavy atom. The second-order valence-corrected chi connectivity index (χ2v) is 7.92. The van der Waals surface area contributed by atoms with Gasteiger partial charge in [-0.05, 0) is 27.7 Å². The number of nitrogens with one attached hydrogen (secondary N) is 2. The third-order valence-electron chi connectivity index (χ3n) is 4.17. The van der Waals surface area contributed by atoms with Gasteiger partial charge >= 0.3 is 0 Å². The number of aromatic nitrogens is 1. The summed E-state index contributed by atoms with van der Waals surface area (Å²) >= 11 is 1.73. The second-order valence-electron chi connectivity index (χ2n) is 6.64. The minimum Gasteiger partial charge on any atom is -0.353 e. The van der Waals surface area contributed by atoms with Crippen LogP contribution >= 0.6 is 35.3 Å². The first-order chi connectivity index (χ1) is 11.9. The molecule has 1 aromatic rings. The van der Waals surface area contributed by atoms with E-state index in [1.807, 2.05) is 27.8 Å². The van der Waals surface area contributed by atoms with Gasteiger partial charge in [-0.1, -0.05) is 0 Å². The van der Waals surface area contributed by atoms with Crippen LogP contribution in [0, 0.1) is 13.8 Å². The zero-order valence-electron chi connectivity index (χ0n) is 16.3. The molecule has 1 aliphatic rings. The van der Waals surface area contributed by atoms with E-state index in [9.17, 15) is 4.79 Å². The van der Waals surface area contributed by atoms with Crippen molar-refractivity contribution >= 4 is 47.2 Å². The van der Waals surface area contributed by atoms with Crippen molar-refractivity contribution in [3.05, 3.63) is 15.6 Å². The Kier molecular flexibility index (Phi) is 9.80. The molecule has 26 heavy (non-hydrogen) atoms. The van der Waals surface area contributed by atoms with Gasteiger partial charge < -0.3 is 15.5 Å². The highest BCUT2D eigenvalue weighted by atomic mass is 127. The van der Waals surface area contributed by atoms with E-state index < -0.39 is 0 Å². The number of piperazine rings is 1. The van der Waals surface area contributed by atoms with Crippen LogP contribution in [-0.2, 0) is 11.3 Å². The van der Waals surface area contributed by atoms with Gasteiger partial charge in [0.05, 0.1) is 18.8 Å². The van der Waals surface area contributed by atoms with Crippen molar-refractivity contribution in [3.63, 3.8) is 0 Å². The Morgan fingerprint density at radius 2 is 1.92 bits per heavy atom. The lowest BCUT2D eigenvalue weighted by Gasteiger charge is -2.36. The number of carbonyl (C=O) groups excluding carboxylic acids is 1. The summed E-state index contributed by atoms with van der Waals surface area (Å²) in [5, 5.41) is 7.43. The fourth-order valence-corrected chi connectivity index (χ4v) is 3.66. The number of nitrogens with zero attached hydrogens (tertiary/aromatic N) is 4. The highest BCUT2D eigenvalue weighted by molar-refractivity contribution is 14.0. The number of halogens is 1. The van der Waals surface area contributed by atoms with Crippen LogP contribution < -0.4 is 10.6 Å². The summed E-state index contributed by atoms with van der Waals surface area (Å²) in [4.78, 5) is 26.5. The maximum atomic E-state index is 11.9. The SMILES string of the molecule is CN=C(NCc1nc(C)c(C)s1)N1CCN(CC(=O)NC(C)C)CC1.I. The van der Waals surface area contributed by atoms with Crippen molar-refractivity contribution in [2.45, 2.75) is 40.3 Å². The largest absolute Gasteiger partial charge is 0.353 e. The lowest BCUT2D eigenvalue weighted by Crippen LogP contribution is -2.54. The number of carbonyl (C=O) groups is 1. The van der Waals surface area contributed by atoms with Crippen LogP contribution in [0.2, 0.25) is 0 Å². The molecule has 0 radical (unpaired) electrons. The van der Waals surface area contributed by atoms with Crippen LogP contribution in [0.1, 0.15) is 29.4 Å². The first kappa shape index (κ1) is 23.1. The predicted octanol–water partition coefficient (Wildman–Crippen LogP) is 1.60. The summed E-state index contributed by atoms with van der Waals surface area (Å²) in [7, 11) is 1.81. The zero-order chi connectivity index (χ0) is 18.4. The van der Waals surface area contributed by atoms with Gasteiger partial charge in [-0.15, -0.1) is 35.3 Å². The standard InChI is InChI=1S/C17H30N6OS.HI/c1-12(2)20-15(24)11-22-6-8-23(9-7-22)17(18-5)19-10-16-21-13(3)14(4)25-16;/h12H,6-11H2,1-5H3,(H,18,19)(H,20,24);1H. The summed E-state index contributed by atoms with van der Waals surface area (Å²) < 4.78 is 0. The average Bonchev–Trinajstić information content (AvgIpc) is 2.87. The van der Waals surface area contributed by atoms with Gasteiger partial charge in [0.2, 0.25) is 5.91 Å². The Bertz CT molecular complexity index is 591. The number of rotatable bonds is 5. The molecular weight excluding hydrogens is 463 g/mol. The Balaban J connectivity index is 0.00000338. The minimum absolute atomic E-state index is 0. The predicted molar refractivity (Wildman–Crippen MR) is 118 cm³/mol. The molecule has 7 nitrogen and oxygen atoms in total. The zero-order valence-corrected chi connectivity index (χ0v) is 19.5. The van der Waals surface area contributed by atoms with Crippen LogP contribution in [0.3, 0.4) is 0 Å². The van der Waals surface area contributed by atoms with Crippen LogP contribution in [0.25, 0.3) is 0 Å². The molecule has 1 fully saturated rings. The molecule has 2 heterocycles. The molecule has 0 saturated carbocycles. The van der Waals surface area contributed by atoms with E-state index in [1.165, 1.54) is 4.88 Å². The molecule has 2 N–H and O–H groups in total. The van der Waals surface area contributed by atoms with Crippen molar-refractivity contribution in [2.24, 2.45) is 4.99 Å². The molecule has 9 heteroatoms. The van der Waals surface area contributed by atoms with E-state index in [0.717, 1.165) is 42.8 Å². The van der Waals surface area contributed by atoms with Crippen molar-refractivity contribution < 1.29 is 4.79 Å². The summed E-state index contributed by atoms with van der Waals surface area (Å²) in [5.41, 5.74) is 1.10. The lowest BCUT2D eigenvalue weighted by atomic mass is 10.3. The minimum atomic E-state index is 0. The summed E-state index contributed by atoms with van der Waals surface area (Å²) in [6.45, 7) is 12.7. The normalized spacial score (nSPS) is 15.8. The molecule has 1 saturated heterocycles. The van der Waals surface area contributed by atoms with Crippen molar-refractivity contribution in [1.82, 2.24) is 25.4 Å². The molecule has 2 rings (SSSR count). The Hall–Kier alpha value is -0.940. The number of hydrogen-bond acceptors (Lipinski definition) is 5. The molecule has 0 bridgehead atoms. The highest BCUT2D eigenvalue weighted by Crippen LogP contribution is 2.16. The number of thiazole rings is 1. The van der Waals surface area contributed by atoms with Gasteiger partial charge in [0, 0.05) is 44.1 Å². The van der Waals surface area contributed by atoms with E-state index in [1.54, 1.807) is 11.3 Å². The molecule has 148 valence electrons. The summed E-state index contributed by atoms with van der Waals surface area (Å²) in [6.07, 6.45) is 0. The Morgan fingerprint density at radius 3 is 2.42 bits per heavy atom. The molecular formula is C17H31IN6OS. The molecule has 0 aliphatic carbocycles. The van der Waals surface area contributed by atoms with Gasteiger partial charge in [0.25, 0.3) is 0 Å². The molecule has 0 unspecified atom stereocenters. The first-order valence-corrected chi connectivity index (χ1v) is 9.61. The highest BCUT2D eigenvalue weighted by Gasteiger charge is 2.21. The summed E-state index contributed by atoms with van der Waals surface area (Å²) in [5.74, 6) is 0.997. The maximum absolute atomic E-state index is 11.9. The van der Waals surface area contributed by atoms with Gasteiger partial charge in [-0.25, -0.2) is 4.98 Å². The number of amides is 1. The van der Waals surface area contributed by atoms with E-state index in [4.69, 9.17) is 0 Å². The van der Waals surface area contributed by atoms with Gasteiger partial charge in [-0.2, -0.15) is 0 Å². The smallest absolute Gasteiger partial charge is 0.234 e. The van der Waals surface area contributed by atoms with Crippen LogP contribution in [0.15, 0.2) is 4.99 Å². The van der Waals surface area contributed by atoms with E-state index >= 15 is 0 Å². The molecule has 0 spiro atoms. The van der Waals surface area contributed by atoms with Crippen molar-refractivity contribution in [2.75, 3.05) is 39.8 Å². The van der Waals surface area contributed by atoms with Crippen molar-refractivity contribution in [1.29, 1.82) is 0 Å². The van der Waals surface area contributed by atoms with Crippen LogP contribution in [-0.4, -0.2) is 72.5 Å². The number of aryl methyl sites for hydroxylation is 2. The monoisotopic (exact) mass is 494 g/mol. The first-order valence-electron chi connectivity index (χ1n) is 8.79. The summed E-state index contributed by atoms with van der Waals surface area (Å²) in [6, 6.07) is 0.190. The van der Waals surface area contributed by atoms with Gasteiger partial charge in [0.15, 0.2) is 5.96 Å². The second kappa shape index (κ2) is 11.0. The van der Waals surface area contributed by atoms with E-state index in [0.29, 0.717) is 13.1 Å². The molecule has 1 amide bonds. The fraction of sp³-hybridized carbons (Fsp3) is 0.706. The fourth-order valence-electron chi connectivity index (χ4n) is 2.79. The van der Waals surface area contributed by atoms with Gasteiger partial charge in [0.1, 0.15) is 5.01 Å². The van der Waals surface area contributed by atoms with E-state index in [-0.39, 0.29) is 35.9 Å². The molecule has 0 aromatic carbocycles. The lowest BCUT2D eigenvalue weighted by molar-refractivity contribution is -0.123. The number of aliphatic imine (C=N–C) groups is 1. The van der Waals surface area contributed by atoms with Gasteiger partial charge in [-0.3, -0.25) is 14.7 Å². The topological polar surface area (TPSA) is 72.9 Å². The molecule has 1 aromatic heterocycles. The molecule has 1 aliphatic heterocycles.